The van der Waals surface area contributed by atoms with Crippen LogP contribution in [0.25, 0.3) is 5.70 Å². The number of carbonyl (C=O) groups excluding carboxylic acids is 1. The number of rotatable bonds is 2. The maximum Gasteiger partial charge on any atom is 0.330 e. The van der Waals surface area contributed by atoms with Gasteiger partial charge in [0.05, 0.1) is 0 Å². The van der Waals surface area contributed by atoms with Crippen molar-refractivity contribution in [1.29, 1.82) is 0 Å². The summed E-state index contributed by atoms with van der Waals surface area (Å²) in [6.07, 6.45) is 4.72. The van der Waals surface area contributed by atoms with Crippen molar-refractivity contribution in [2.45, 2.75) is 44.1 Å². The third-order valence-corrected chi connectivity index (χ3v) is 4.70. The van der Waals surface area contributed by atoms with Gasteiger partial charge in [-0.25, -0.2) is 4.79 Å². The Morgan fingerprint density at radius 3 is 2.19 bits per heavy atom. The van der Waals surface area contributed by atoms with Crippen LogP contribution >= 0.6 is 0 Å². The van der Waals surface area contributed by atoms with Crippen LogP contribution in [0.5, 0.6) is 0 Å². The van der Waals surface area contributed by atoms with Crippen LogP contribution in [-0.2, 0) is 4.79 Å². The molecule has 1 amide bonds. The van der Waals surface area contributed by atoms with E-state index >= 15 is 0 Å². The van der Waals surface area contributed by atoms with Gasteiger partial charge in [0, 0.05) is 16.8 Å². The zero-order chi connectivity index (χ0) is 15.0. The van der Waals surface area contributed by atoms with Crippen molar-refractivity contribution in [3.8, 4) is 0 Å². The van der Waals surface area contributed by atoms with Gasteiger partial charge in [0.2, 0.25) is 0 Å². The normalized spacial score (nSPS) is 21.0. The number of carboxylic acid groups (broad SMARTS) is 1. The molecular weight excluding hydrogens is 266 g/mol. The number of nitrogens with zero attached hydrogens (tertiary/aromatic N) is 1. The lowest BCUT2D eigenvalue weighted by Crippen LogP contribution is -2.54. The molecule has 0 unspecified atom stereocenters. The minimum absolute atomic E-state index is 0.222. The summed E-state index contributed by atoms with van der Waals surface area (Å²) in [5.74, 6) is -1.13. The molecule has 4 heteroatoms. The summed E-state index contributed by atoms with van der Waals surface area (Å²) in [4.78, 5) is 26.2. The van der Waals surface area contributed by atoms with Crippen LogP contribution < -0.4 is 0 Å². The maximum atomic E-state index is 12.7. The second kappa shape index (κ2) is 5.02. The average Bonchev–Trinajstić information content (AvgIpc) is 2.67. The number of hydrogen-bond acceptors (Lipinski definition) is 2. The first-order valence-electron chi connectivity index (χ1n) is 7.44. The van der Waals surface area contributed by atoms with Gasteiger partial charge >= 0.3 is 5.97 Å². The molecular formula is C17H19NO3. The Hall–Kier alpha value is -2.10. The fourth-order valence-electron chi connectivity index (χ4n) is 3.58. The van der Waals surface area contributed by atoms with Crippen LogP contribution in [-0.4, -0.2) is 27.4 Å². The molecule has 1 saturated carbocycles. The predicted octanol–water partition coefficient (Wildman–Crippen LogP) is 3.29. The van der Waals surface area contributed by atoms with Gasteiger partial charge in [-0.1, -0.05) is 50.5 Å². The fourth-order valence-corrected chi connectivity index (χ4v) is 3.58. The van der Waals surface area contributed by atoms with Crippen LogP contribution in [0.1, 0.15) is 54.4 Å². The van der Waals surface area contributed by atoms with E-state index in [1.165, 1.54) is 4.90 Å². The molecule has 1 aliphatic heterocycles. The molecule has 21 heavy (non-hydrogen) atoms. The summed E-state index contributed by atoms with van der Waals surface area (Å²) in [7, 11) is 0. The number of amides is 1. The van der Waals surface area contributed by atoms with E-state index in [0.717, 1.165) is 31.2 Å². The monoisotopic (exact) mass is 285 g/mol. The first-order chi connectivity index (χ1) is 10.1. The van der Waals surface area contributed by atoms with Crippen LogP contribution in [0.3, 0.4) is 0 Å². The Bertz CT molecular complexity index is 577. The molecule has 0 atom stereocenters. The van der Waals surface area contributed by atoms with Crippen molar-refractivity contribution in [2.24, 2.45) is 0 Å². The van der Waals surface area contributed by atoms with Crippen LogP contribution in [0.2, 0.25) is 0 Å². The van der Waals surface area contributed by atoms with Gasteiger partial charge in [-0.2, -0.15) is 0 Å². The average molecular weight is 285 g/mol. The fraction of sp³-hybridized carbons (Fsp3) is 0.412. The van der Waals surface area contributed by atoms with Crippen molar-refractivity contribution < 1.29 is 14.7 Å². The summed E-state index contributed by atoms with van der Waals surface area (Å²) in [6, 6.07) is 7.23. The highest BCUT2D eigenvalue weighted by atomic mass is 16.4. The quantitative estimate of drug-likeness (QED) is 0.848. The molecule has 0 aromatic heterocycles. The Morgan fingerprint density at radius 1 is 1.10 bits per heavy atom. The second-order valence-corrected chi connectivity index (χ2v) is 5.88. The lowest BCUT2D eigenvalue weighted by Gasteiger charge is -2.38. The first-order valence-corrected chi connectivity index (χ1v) is 7.44. The van der Waals surface area contributed by atoms with Crippen LogP contribution in [0, 0.1) is 0 Å². The first kappa shape index (κ1) is 13.9. The molecule has 110 valence electrons. The number of benzene rings is 1. The standard InChI is InChI=1S/C17H19NO3/c1-12-13-8-4-5-9-14(13)15(19)18(12)17(16(20)21)10-6-2-3-7-11-17/h4-5,8-9H,1-3,6-7,10-11H2,(H,20,21). The Morgan fingerprint density at radius 2 is 1.67 bits per heavy atom. The summed E-state index contributed by atoms with van der Waals surface area (Å²) in [6.45, 7) is 4.00. The Labute approximate surface area is 124 Å². The van der Waals surface area contributed by atoms with E-state index in [1.807, 2.05) is 12.1 Å². The lowest BCUT2D eigenvalue weighted by atomic mass is 9.88. The highest BCUT2D eigenvalue weighted by Gasteiger charge is 2.51. The predicted molar refractivity (Wildman–Crippen MR) is 79.7 cm³/mol. The SMILES string of the molecule is C=C1c2ccccc2C(=O)N1C1(C(=O)O)CCCCCC1. The van der Waals surface area contributed by atoms with Crippen molar-refractivity contribution >= 4 is 17.6 Å². The summed E-state index contributed by atoms with van der Waals surface area (Å²) in [5, 5.41) is 9.85. The maximum absolute atomic E-state index is 12.7. The number of carbonyl (C=O) groups is 2. The summed E-state index contributed by atoms with van der Waals surface area (Å²) in [5.41, 5.74) is 0.712. The zero-order valence-corrected chi connectivity index (χ0v) is 12.0. The Balaban J connectivity index is 2.08. The van der Waals surface area contributed by atoms with E-state index in [2.05, 4.69) is 6.58 Å². The van der Waals surface area contributed by atoms with Gasteiger partial charge in [-0.3, -0.25) is 9.69 Å². The third-order valence-electron chi connectivity index (χ3n) is 4.70. The number of hydrogen-bond donors (Lipinski definition) is 1. The molecule has 1 fully saturated rings. The molecule has 1 aromatic rings. The largest absolute Gasteiger partial charge is 0.479 e. The number of fused-ring (bicyclic) bond motifs is 1. The molecule has 4 nitrogen and oxygen atoms in total. The van der Waals surface area contributed by atoms with Crippen molar-refractivity contribution in [3.05, 3.63) is 42.0 Å². The smallest absolute Gasteiger partial charge is 0.330 e. The summed E-state index contributed by atoms with van der Waals surface area (Å²) < 4.78 is 0. The van der Waals surface area contributed by atoms with Crippen molar-refractivity contribution in [3.63, 3.8) is 0 Å². The van der Waals surface area contributed by atoms with Crippen LogP contribution in [0.15, 0.2) is 30.8 Å². The molecule has 0 bridgehead atoms. The number of aliphatic carboxylic acids is 1. The van der Waals surface area contributed by atoms with E-state index < -0.39 is 11.5 Å². The number of carboxylic acids is 1. The molecule has 1 aliphatic carbocycles. The molecule has 1 N–H and O–H groups in total. The minimum Gasteiger partial charge on any atom is -0.479 e. The zero-order valence-electron chi connectivity index (χ0n) is 12.0. The van der Waals surface area contributed by atoms with Gasteiger partial charge < -0.3 is 5.11 Å². The van der Waals surface area contributed by atoms with Gasteiger partial charge in [-0.05, 0) is 18.9 Å². The van der Waals surface area contributed by atoms with Crippen LogP contribution in [0.4, 0.5) is 0 Å². The molecule has 0 spiro atoms. The van der Waals surface area contributed by atoms with Gasteiger partial charge in [0.1, 0.15) is 5.54 Å². The highest BCUT2D eigenvalue weighted by Crippen LogP contribution is 2.43. The minimum atomic E-state index is -1.14. The van der Waals surface area contributed by atoms with E-state index in [9.17, 15) is 14.7 Å². The molecule has 1 aromatic carbocycles. The van der Waals surface area contributed by atoms with Crippen molar-refractivity contribution in [1.82, 2.24) is 4.90 Å². The van der Waals surface area contributed by atoms with E-state index in [4.69, 9.17) is 0 Å². The van der Waals surface area contributed by atoms with Gasteiger partial charge in [0.15, 0.2) is 0 Å². The molecule has 0 saturated heterocycles. The Kier molecular flexibility index (Phi) is 3.32. The van der Waals surface area contributed by atoms with E-state index in [-0.39, 0.29) is 5.91 Å². The topological polar surface area (TPSA) is 57.6 Å². The third kappa shape index (κ3) is 1.97. The molecule has 3 rings (SSSR count). The second-order valence-electron chi connectivity index (χ2n) is 5.88. The van der Waals surface area contributed by atoms with E-state index in [0.29, 0.717) is 24.1 Å². The van der Waals surface area contributed by atoms with E-state index in [1.54, 1.807) is 12.1 Å². The lowest BCUT2D eigenvalue weighted by molar-refractivity contribution is -0.149. The van der Waals surface area contributed by atoms with Gasteiger partial charge in [0.25, 0.3) is 5.91 Å². The van der Waals surface area contributed by atoms with Crippen molar-refractivity contribution in [2.75, 3.05) is 0 Å². The molecule has 0 radical (unpaired) electrons. The highest BCUT2D eigenvalue weighted by molar-refractivity contribution is 6.11. The molecule has 1 heterocycles. The summed E-state index contributed by atoms with van der Waals surface area (Å²) >= 11 is 0. The molecule has 2 aliphatic rings. The van der Waals surface area contributed by atoms with Gasteiger partial charge in [-0.15, -0.1) is 0 Å².